The van der Waals surface area contributed by atoms with E-state index in [-0.39, 0.29) is 30.4 Å². The Morgan fingerprint density at radius 1 is 1.07 bits per heavy atom. The summed E-state index contributed by atoms with van der Waals surface area (Å²) in [5.74, 6) is 0.884. The molecule has 2 amide bonds. The van der Waals surface area contributed by atoms with Gasteiger partial charge in [0.2, 0.25) is 11.8 Å². The van der Waals surface area contributed by atoms with Crippen molar-refractivity contribution >= 4 is 11.8 Å². The number of hydrogen-bond donors (Lipinski definition) is 0. The number of morpholine rings is 1. The van der Waals surface area contributed by atoms with Crippen molar-refractivity contribution in [3.63, 3.8) is 0 Å². The third-order valence-electron chi connectivity index (χ3n) is 5.73. The van der Waals surface area contributed by atoms with Crippen LogP contribution >= 0.6 is 0 Å². The van der Waals surface area contributed by atoms with Crippen LogP contribution in [0.5, 0.6) is 5.75 Å². The van der Waals surface area contributed by atoms with E-state index >= 15 is 0 Å². The highest BCUT2D eigenvalue weighted by Gasteiger charge is 2.35. The van der Waals surface area contributed by atoms with Gasteiger partial charge in [0.25, 0.3) is 0 Å². The van der Waals surface area contributed by atoms with Gasteiger partial charge in [-0.3, -0.25) is 9.59 Å². The summed E-state index contributed by atoms with van der Waals surface area (Å²) in [7, 11) is 0. The topological polar surface area (TPSA) is 76.9 Å². The van der Waals surface area contributed by atoms with Crippen LogP contribution in [0.15, 0.2) is 49.1 Å². The molecule has 2 aliphatic rings. The molecule has 0 aliphatic carbocycles. The Kier molecular flexibility index (Phi) is 6.63. The number of ether oxygens (including phenoxy) is 2. The van der Waals surface area contributed by atoms with Crippen molar-refractivity contribution in [2.75, 3.05) is 39.4 Å². The van der Waals surface area contributed by atoms with Crippen LogP contribution in [-0.2, 0) is 20.9 Å². The number of likely N-dealkylation sites (tertiary alicyclic amines) is 1. The van der Waals surface area contributed by atoms with E-state index in [2.05, 4.69) is 4.98 Å². The zero-order valence-corrected chi connectivity index (χ0v) is 17.1. The van der Waals surface area contributed by atoms with Crippen molar-refractivity contribution in [2.24, 2.45) is 5.92 Å². The fourth-order valence-electron chi connectivity index (χ4n) is 4.06. The summed E-state index contributed by atoms with van der Waals surface area (Å²) in [4.78, 5) is 33.4. The van der Waals surface area contributed by atoms with Gasteiger partial charge in [-0.25, -0.2) is 4.98 Å². The van der Waals surface area contributed by atoms with E-state index in [0.717, 1.165) is 5.75 Å². The maximum absolute atomic E-state index is 12.9. The first-order valence-corrected chi connectivity index (χ1v) is 10.5. The number of hydrogen-bond acceptors (Lipinski definition) is 5. The van der Waals surface area contributed by atoms with Gasteiger partial charge in [0.1, 0.15) is 18.4 Å². The second kappa shape index (κ2) is 9.75. The van der Waals surface area contributed by atoms with Crippen LogP contribution in [0.3, 0.4) is 0 Å². The maximum Gasteiger partial charge on any atom is 0.242 e. The Morgan fingerprint density at radius 2 is 1.87 bits per heavy atom. The van der Waals surface area contributed by atoms with Crippen molar-refractivity contribution in [1.82, 2.24) is 19.4 Å². The molecule has 0 bridgehead atoms. The molecule has 0 spiro atoms. The van der Waals surface area contributed by atoms with Gasteiger partial charge >= 0.3 is 0 Å². The smallest absolute Gasteiger partial charge is 0.242 e. The lowest BCUT2D eigenvalue weighted by Crippen LogP contribution is -2.51. The molecule has 3 heterocycles. The number of carbonyl (C=O) groups excluding carboxylic acids is 2. The predicted octanol–water partition coefficient (Wildman–Crippen LogP) is 1.43. The van der Waals surface area contributed by atoms with Gasteiger partial charge < -0.3 is 23.8 Å². The molecule has 30 heavy (non-hydrogen) atoms. The minimum Gasteiger partial charge on any atom is -0.490 e. The lowest BCUT2D eigenvalue weighted by Gasteiger charge is -2.39. The summed E-state index contributed by atoms with van der Waals surface area (Å²) < 4.78 is 13.4. The number of para-hydroxylation sites is 1. The second-order valence-electron chi connectivity index (χ2n) is 7.79. The lowest BCUT2D eigenvalue weighted by molar-refractivity contribution is -0.141. The molecule has 2 aromatic rings. The quantitative estimate of drug-likeness (QED) is 0.717. The monoisotopic (exact) mass is 412 g/mol. The first-order chi connectivity index (χ1) is 14.7. The molecule has 160 valence electrons. The summed E-state index contributed by atoms with van der Waals surface area (Å²) >= 11 is 0. The number of benzene rings is 1. The van der Waals surface area contributed by atoms with Crippen molar-refractivity contribution in [1.29, 1.82) is 0 Å². The molecule has 2 atom stereocenters. The lowest BCUT2D eigenvalue weighted by atomic mass is 9.90. The first kappa shape index (κ1) is 20.4. The highest BCUT2D eigenvalue weighted by molar-refractivity contribution is 5.78. The first-order valence-electron chi connectivity index (χ1n) is 10.5. The third kappa shape index (κ3) is 5.18. The van der Waals surface area contributed by atoms with Gasteiger partial charge in [0.05, 0.1) is 19.5 Å². The predicted molar refractivity (Wildman–Crippen MR) is 110 cm³/mol. The normalized spacial score (nSPS) is 22.0. The largest absolute Gasteiger partial charge is 0.490 e. The molecule has 0 saturated carbocycles. The Bertz CT molecular complexity index is 821. The van der Waals surface area contributed by atoms with Crippen LogP contribution in [0.2, 0.25) is 0 Å². The molecule has 0 N–H and O–H groups in total. The van der Waals surface area contributed by atoms with E-state index in [9.17, 15) is 9.59 Å². The Morgan fingerprint density at radius 3 is 2.60 bits per heavy atom. The van der Waals surface area contributed by atoms with Crippen molar-refractivity contribution in [3.8, 4) is 5.75 Å². The minimum absolute atomic E-state index is 0.0370. The van der Waals surface area contributed by atoms with E-state index in [0.29, 0.717) is 52.2 Å². The number of nitrogens with zero attached hydrogens (tertiary/aromatic N) is 4. The molecule has 8 heteroatoms. The van der Waals surface area contributed by atoms with Crippen LogP contribution in [0, 0.1) is 5.92 Å². The molecule has 0 unspecified atom stereocenters. The molecule has 1 aromatic heterocycles. The van der Waals surface area contributed by atoms with Gasteiger partial charge in [-0.2, -0.15) is 0 Å². The average molecular weight is 412 g/mol. The summed E-state index contributed by atoms with van der Waals surface area (Å²) in [6.07, 6.45) is 6.05. The van der Waals surface area contributed by atoms with E-state index < -0.39 is 0 Å². The summed E-state index contributed by atoms with van der Waals surface area (Å²) in [5, 5.41) is 0. The van der Waals surface area contributed by atoms with E-state index in [4.69, 9.17) is 9.47 Å². The van der Waals surface area contributed by atoms with E-state index in [1.165, 1.54) is 0 Å². The third-order valence-corrected chi connectivity index (χ3v) is 5.73. The molecular weight excluding hydrogens is 384 g/mol. The molecule has 2 aliphatic heterocycles. The standard InChI is InChI=1S/C22H28N4O4/c27-21(25-10-12-29-13-11-25)14-18-15-26(22(28)16-24-9-7-23-17-24)8-6-20(18)30-19-4-2-1-3-5-19/h1-5,7,9,17-18,20H,6,8,10-16H2/t18-,20-/m0/s1. The van der Waals surface area contributed by atoms with Crippen LogP contribution < -0.4 is 4.74 Å². The number of aromatic nitrogens is 2. The zero-order chi connectivity index (χ0) is 20.8. The fourth-order valence-corrected chi connectivity index (χ4v) is 4.06. The van der Waals surface area contributed by atoms with Crippen LogP contribution in [0.25, 0.3) is 0 Å². The van der Waals surface area contributed by atoms with E-state index in [1.807, 2.05) is 40.1 Å². The second-order valence-corrected chi connectivity index (χ2v) is 7.79. The number of piperidine rings is 1. The van der Waals surface area contributed by atoms with Gasteiger partial charge in [-0.1, -0.05) is 18.2 Å². The van der Waals surface area contributed by atoms with Crippen molar-refractivity contribution in [3.05, 3.63) is 49.1 Å². The Hall–Kier alpha value is -2.87. The fraction of sp³-hybridized carbons (Fsp3) is 0.500. The van der Waals surface area contributed by atoms with Crippen LogP contribution in [0.4, 0.5) is 0 Å². The highest BCUT2D eigenvalue weighted by Crippen LogP contribution is 2.26. The van der Waals surface area contributed by atoms with Crippen molar-refractivity contribution < 1.29 is 19.1 Å². The molecule has 2 fully saturated rings. The molecule has 4 rings (SSSR count). The molecule has 0 radical (unpaired) electrons. The number of imidazole rings is 1. The SMILES string of the molecule is O=C(C[C@H]1CN(C(=O)Cn2ccnc2)CC[C@@H]1Oc1ccccc1)N1CCOCC1. The molecule has 8 nitrogen and oxygen atoms in total. The van der Waals surface area contributed by atoms with Crippen molar-refractivity contribution in [2.45, 2.75) is 25.5 Å². The Balaban J connectivity index is 1.43. The van der Waals surface area contributed by atoms with Gasteiger partial charge in [-0.15, -0.1) is 0 Å². The number of rotatable bonds is 6. The van der Waals surface area contributed by atoms with Gasteiger partial charge in [0.15, 0.2) is 0 Å². The molecule has 1 aromatic carbocycles. The Labute approximate surface area is 176 Å². The highest BCUT2D eigenvalue weighted by atomic mass is 16.5. The number of carbonyl (C=O) groups is 2. The zero-order valence-electron chi connectivity index (χ0n) is 17.1. The average Bonchev–Trinajstić information content (AvgIpc) is 3.29. The van der Waals surface area contributed by atoms with Crippen LogP contribution in [0.1, 0.15) is 12.8 Å². The summed E-state index contributed by atoms with van der Waals surface area (Å²) in [6.45, 7) is 3.80. The minimum atomic E-state index is -0.102. The maximum atomic E-state index is 12.9. The summed E-state index contributed by atoms with van der Waals surface area (Å²) in [6, 6.07) is 9.68. The summed E-state index contributed by atoms with van der Waals surface area (Å²) in [5.41, 5.74) is 0. The molecular formula is C22H28N4O4. The number of amides is 2. The van der Waals surface area contributed by atoms with E-state index in [1.54, 1.807) is 23.3 Å². The van der Waals surface area contributed by atoms with Gasteiger partial charge in [-0.05, 0) is 12.1 Å². The van der Waals surface area contributed by atoms with Crippen LogP contribution in [-0.4, -0.2) is 76.7 Å². The van der Waals surface area contributed by atoms with Gasteiger partial charge in [0, 0.05) is 57.3 Å². The molecule has 2 saturated heterocycles.